The second-order valence-corrected chi connectivity index (χ2v) is 9.72. The van der Waals surface area contributed by atoms with E-state index in [-0.39, 0.29) is 5.57 Å². The van der Waals surface area contributed by atoms with Gasteiger partial charge in [0.25, 0.3) is 0 Å². The molecule has 0 radical (unpaired) electrons. The lowest BCUT2D eigenvalue weighted by Crippen LogP contribution is -2.63. The number of aliphatic hydroxyl groups is 2. The van der Waals surface area contributed by atoms with Crippen molar-refractivity contribution < 1.29 is 72.1 Å². The molecule has 2 fully saturated rings. The van der Waals surface area contributed by atoms with Gasteiger partial charge < -0.3 is 48.1 Å². The summed E-state index contributed by atoms with van der Waals surface area (Å²) in [5, 5.41) is 21.3. The number of hydrogen-bond acceptors (Lipinski definition) is 15. The molecule has 3 aliphatic rings. The Balaban J connectivity index is 2.02. The highest BCUT2D eigenvalue weighted by atomic mass is 16.8. The van der Waals surface area contributed by atoms with Gasteiger partial charge in [-0.25, -0.2) is 4.79 Å². The fraction of sp³-hybridized carbons (Fsp3) is 0.720. The molecule has 1 aliphatic carbocycles. The summed E-state index contributed by atoms with van der Waals surface area (Å²) in [6, 6.07) is 0. The van der Waals surface area contributed by atoms with Gasteiger partial charge in [-0.1, -0.05) is 6.92 Å². The van der Waals surface area contributed by atoms with E-state index in [1.165, 1.54) is 0 Å². The van der Waals surface area contributed by atoms with Crippen molar-refractivity contribution in [1.29, 1.82) is 0 Å². The first kappa shape index (κ1) is 31.3. The van der Waals surface area contributed by atoms with Gasteiger partial charge in [-0.3, -0.25) is 19.2 Å². The molecule has 0 unspecified atom stereocenters. The van der Waals surface area contributed by atoms with Crippen LogP contribution >= 0.6 is 0 Å². The Labute approximate surface area is 229 Å². The van der Waals surface area contributed by atoms with Crippen LogP contribution in [0.25, 0.3) is 0 Å². The number of aliphatic hydroxyl groups excluding tert-OH is 2. The van der Waals surface area contributed by atoms with E-state index >= 15 is 0 Å². The molecule has 15 nitrogen and oxygen atoms in total. The Morgan fingerprint density at radius 2 is 1.40 bits per heavy atom. The van der Waals surface area contributed by atoms with E-state index in [4.69, 9.17) is 37.9 Å². The van der Waals surface area contributed by atoms with Crippen LogP contribution in [0.15, 0.2) is 11.8 Å². The molecular formula is C25H34O15. The van der Waals surface area contributed by atoms with Gasteiger partial charge in [-0.2, -0.15) is 0 Å². The second kappa shape index (κ2) is 12.9. The Bertz CT molecular complexity index is 1020. The lowest BCUT2D eigenvalue weighted by atomic mass is 9.82. The van der Waals surface area contributed by atoms with E-state index in [0.717, 1.165) is 41.1 Å². The van der Waals surface area contributed by atoms with Crippen LogP contribution in [0.3, 0.4) is 0 Å². The number of hydrogen-bond donors (Lipinski definition) is 2. The largest absolute Gasteiger partial charge is 0.472 e. The molecule has 0 bridgehead atoms. The maximum atomic E-state index is 12.4. The third kappa shape index (κ3) is 6.71. The summed E-state index contributed by atoms with van der Waals surface area (Å²) >= 11 is 0. The molecule has 224 valence electrons. The predicted octanol–water partition coefficient (Wildman–Crippen LogP) is -0.897. The van der Waals surface area contributed by atoms with Crippen molar-refractivity contribution in [2.75, 3.05) is 13.7 Å². The molecular weight excluding hydrogens is 540 g/mol. The second-order valence-electron chi connectivity index (χ2n) is 9.72. The first-order valence-electron chi connectivity index (χ1n) is 12.5. The van der Waals surface area contributed by atoms with Crippen LogP contribution in [-0.4, -0.2) is 103 Å². The van der Waals surface area contributed by atoms with Crippen molar-refractivity contribution in [3.8, 4) is 0 Å². The SMILES string of the molecule is COC(=O)C1=CO[C@@H](O[C@@H]2O[C@H](COC(C)=O)[C@@H](OC(C)=O)[C@H](OC(C)=O)[C@H]2OC(C)=O)[C@@H]2[C@H](C)[C@@H](O)[C@@H](O)[C@H]12. The number of methoxy groups -OCH3 is 1. The number of fused-ring (bicyclic) bond motifs is 1. The van der Waals surface area contributed by atoms with E-state index < -0.39 is 103 Å². The van der Waals surface area contributed by atoms with Crippen LogP contribution in [0.2, 0.25) is 0 Å². The fourth-order valence-corrected chi connectivity index (χ4v) is 5.28. The summed E-state index contributed by atoms with van der Waals surface area (Å²) < 4.78 is 43.7. The average Bonchev–Trinajstić information content (AvgIpc) is 3.09. The molecule has 1 saturated carbocycles. The van der Waals surface area contributed by atoms with Crippen molar-refractivity contribution in [3.63, 3.8) is 0 Å². The zero-order valence-electron chi connectivity index (χ0n) is 22.8. The number of rotatable bonds is 8. The maximum Gasteiger partial charge on any atom is 0.337 e. The Kier molecular flexibility index (Phi) is 10.1. The molecule has 0 aromatic carbocycles. The van der Waals surface area contributed by atoms with Crippen LogP contribution in [0.1, 0.15) is 34.6 Å². The normalized spacial score (nSPS) is 36.7. The summed E-state index contributed by atoms with van der Waals surface area (Å²) in [4.78, 5) is 59.9. The fourth-order valence-electron chi connectivity index (χ4n) is 5.28. The highest BCUT2D eigenvalue weighted by Gasteiger charge is 2.59. The molecule has 3 rings (SSSR count). The first-order valence-corrected chi connectivity index (χ1v) is 12.5. The van der Waals surface area contributed by atoms with Gasteiger partial charge in [-0.05, 0) is 5.92 Å². The highest BCUT2D eigenvalue weighted by molar-refractivity contribution is 5.89. The molecule has 11 atom stereocenters. The Morgan fingerprint density at radius 3 is 1.95 bits per heavy atom. The van der Waals surface area contributed by atoms with Gasteiger partial charge in [0.2, 0.25) is 12.6 Å². The van der Waals surface area contributed by atoms with Crippen molar-refractivity contribution in [1.82, 2.24) is 0 Å². The zero-order chi connectivity index (χ0) is 29.9. The average molecular weight is 575 g/mol. The van der Waals surface area contributed by atoms with Crippen LogP contribution in [0.4, 0.5) is 0 Å². The van der Waals surface area contributed by atoms with Crippen molar-refractivity contribution >= 4 is 29.8 Å². The quantitative estimate of drug-likeness (QED) is 0.267. The van der Waals surface area contributed by atoms with Crippen LogP contribution in [0, 0.1) is 17.8 Å². The van der Waals surface area contributed by atoms with Crippen LogP contribution < -0.4 is 0 Å². The maximum absolute atomic E-state index is 12.4. The monoisotopic (exact) mass is 574 g/mol. The lowest BCUT2D eigenvalue weighted by Gasteiger charge is -2.46. The van der Waals surface area contributed by atoms with E-state index in [2.05, 4.69) is 0 Å². The van der Waals surface area contributed by atoms with Gasteiger partial charge in [0.1, 0.15) is 12.7 Å². The highest BCUT2D eigenvalue weighted by Crippen LogP contribution is 2.48. The molecule has 1 saturated heterocycles. The first-order chi connectivity index (χ1) is 18.8. The van der Waals surface area contributed by atoms with Crippen molar-refractivity contribution in [2.45, 2.75) is 83.8 Å². The number of ether oxygens (including phenoxy) is 8. The van der Waals surface area contributed by atoms with E-state index in [0.29, 0.717) is 0 Å². The third-order valence-electron chi connectivity index (χ3n) is 6.92. The number of carbonyl (C=O) groups excluding carboxylic acids is 5. The minimum absolute atomic E-state index is 0.0233. The molecule has 0 aromatic rings. The summed E-state index contributed by atoms with van der Waals surface area (Å²) in [6.45, 7) is 5.55. The van der Waals surface area contributed by atoms with E-state index in [1.807, 2.05) is 0 Å². The third-order valence-corrected chi connectivity index (χ3v) is 6.92. The minimum Gasteiger partial charge on any atom is -0.472 e. The minimum atomic E-state index is -1.57. The Hall–Kier alpha value is -3.27. The zero-order valence-corrected chi connectivity index (χ0v) is 22.8. The van der Waals surface area contributed by atoms with E-state index in [1.54, 1.807) is 6.92 Å². The molecule has 2 heterocycles. The van der Waals surface area contributed by atoms with Gasteiger partial charge in [-0.15, -0.1) is 0 Å². The number of carbonyl (C=O) groups is 5. The van der Waals surface area contributed by atoms with Gasteiger partial charge >= 0.3 is 29.8 Å². The predicted molar refractivity (Wildman–Crippen MR) is 126 cm³/mol. The van der Waals surface area contributed by atoms with Crippen LogP contribution in [-0.2, 0) is 61.9 Å². The summed E-state index contributed by atoms with van der Waals surface area (Å²) in [5.74, 6) is -6.34. The standard InChI is InChI=1S/C25H34O15/c1-9-16-17(19(31)18(9)30)14(23(32)33-6)7-35-24(16)40-25-22(38-13(5)29)21(37-12(4)28)20(36-11(3)27)15(39-25)8-34-10(2)26/h7,9,15-22,24-25,30-31H,8H2,1-6H3/t9-,15+,16+,17+,18+,19-,20+,21-,22+,24-,25-/m0/s1. The van der Waals surface area contributed by atoms with Crippen molar-refractivity contribution in [2.24, 2.45) is 17.8 Å². The van der Waals surface area contributed by atoms with Gasteiger partial charge in [0.05, 0.1) is 31.2 Å². The van der Waals surface area contributed by atoms with E-state index in [9.17, 15) is 34.2 Å². The smallest absolute Gasteiger partial charge is 0.337 e. The summed E-state index contributed by atoms with van der Waals surface area (Å²) in [5.41, 5.74) is -0.0233. The Morgan fingerprint density at radius 1 is 0.825 bits per heavy atom. The molecule has 2 aliphatic heterocycles. The summed E-state index contributed by atoms with van der Waals surface area (Å²) in [6.07, 6.45) is -10.1. The molecule has 2 N–H and O–H groups in total. The number of esters is 5. The molecule has 15 heteroatoms. The molecule has 0 spiro atoms. The van der Waals surface area contributed by atoms with Gasteiger partial charge in [0, 0.05) is 39.5 Å². The molecule has 40 heavy (non-hydrogen) atoms. The van der Waals surface area contributed by atoms with Gasteiger partial charge in [0.15, 0.2) is 18.3 Å². The van der Waals surface area contributed by atoms with Crippen LogP contribution in [0.5, 0.6) is 0 Å². The van der Waals surface area contributed by atoms with Crippen molar-refractivity contribution in [3.05, 3.63) is 11.8 Å². The molecule has 0 amide bonds. The molecule has 0 aromatic heterocycles. The topological polar surface area (TPSA) is 200 Å². The summed E-state index contributed by atoms with van der Waals surface area (Å²) in [7, 11) is 1.15. The lowest BCUT2D eigenvalue weighted by molar-refractivity contribution is -0.345.